The fourth-order valence-electron chi connectivity index (χ4n) is 2.60. The maximum atomic E-state index is 7.71. The van der Waals surface area contributed by atoms with Crippen molar-refractivity contribution in [2.75, 3.05) is 25.0 Å². The number of hydrogen-bond donors (Lipinski definition) is 2. The van der Waals surface area contributed by atoms with Crippen LogP contribution in [0.3, 0.4) is 0 Å². The third kappa shape index (κ3) is 2.85. The van der Waals surface area contributed by atoms with E-state index in [1.54, 1.807) is 6.07 Å². The van der Waals surface area contributed by atoms with Gasteiger partial charge in [-0.1, -0.05) is 11.6 Å². The molecule has 1 aromatic carbocycles. The molecule has 3 N–H and O–H groups in total. The maximum Gasteiger partial charge on any atom is 0.124 e. The second-order valence-corrected chi connectivity index (χ2v) is 5.78. The predicted molar refractivity (Wildman–Crippen MR) is 81.4 cm³/mol. The van der Waals surface area contributed by atoms with Crippen LogP contribution < -0.4 is 10.6 Å². The lowest BCUT2D eigenvalue weighted by Gasteiger charge is -2.44. The Morgan fingerprint density at radius 3 is 2.42 bits per heavy atom. The van der Waals surface area contributed by atoms with Crippen molar-refractivity contribution in [1.82, 2.24) is 4.90 Å². The van der Waals surface area contributed by atoms with E-state index < -0.39 is 0 Å². The van der Waals surface area contributed by atoms with Crippen LogP contribution in [0, 0.1) is 5.41 Å². The van der Waals surface area contributed by atoms with Gasteiger partial charge in [-0.05, 0) is 39.1 Å². The van der Waals surface area contributed by atoms with Gasteiger partial charge < -0.3 is 10.6 Å². The third-order valence-corrected chi connectivity index (χ3v) is 4.18. The van der Waals surface area contributed by atoms with Crippen molar-refractivity contribution in [3.8, 4) is 0 Å². The molecular formula is C14H21ClN4. The monoisotopic (exact) mass is 280 g/mol. The van der Waals surface area contributed by atoms with Gasteiger partial charge in [0.05, 0.1) is 0 Å². The fourth-order valence-corrected chi connectivity index (χ4v) is 2.77. The molecule has 104 valence electrons. The summed E-state index contributed by atoms with van der Waals surface area (Å²) in [7, 11) is 2.15. The average Bonchev–Trinajstić information content (AvgIpc) is 2.35. The first-order chi connectivity index (χ1) is 8.90. The minimum atomic E-state index is 0.0664. The number of nitrogens with zero attached hydrogens (tertiary/aromatic N) is 2. The van der Waals surface area contributed by atoms with Crippen LogP contribution in [0.5, 0.6) is 0 Å². The summed E-state index contributed by atoms with van der Waals surface area (Å²) in [5, 5.41) is 8.33. The highest BCUT2D eigenvalue weighted by Crippen LogP contribution is 2.27. The Hall–Kier alpha value is -1.26. The van der Waals surface area contributed by atoms with Crippen molar-refractivity contribution < 1.29 is 0 Å². The molecule has 0 saturated carbocycles. The van der Waals surface area contributed by atoms with Gasteiger partial charge in [-0.2, -0.15) is 0 Å². The number of nitrogen functional groups attached to an aromatic ring is 1. The van der Waals surface area contributed by atoms with Crippen molar-refractivity contribution in [3.05, 3.63) is 28.8 Å². The molecule has 2 unspecified atom stereocenters. The van der Waals surface area contributed by atoms with E-state index in [0.717, 1.165) is 24.3 Å². The number of halogens is 1. The molecule has 0 bridgehead atoms. The van der Waals surface area contributed by atoms with Gasteiger partial charge in [0.15, 0.2) is 0 Å². The Morgan fingerprint density at radius 2 is 1.89 bits per heavy atom. The molecule has 5 heteroatoms. The number of benzene rings is 1. The Balaban J connectivity index is 2.34. The highest BCUT2D eigenvalue weighted by molar-refractivity contribution is 6.31. The number of nitrogens with one attached hydrogen (secondary N) is 1. The zero-order valence-corrected chi connectivity index (χ0v) is 12.4. The first-order valence-electron chi connectivity index (χ1n) is 6.51. The van der Waals surface area contributed by atoms with E-state index in [2.05, 4.69) is 30.7 Å². The number of likely N-dealkylation sites (N-methyl/N-ethyl adjacent to an activating group) is 1. The lowest BCUT2D eigenvalue weighted by atomic mass is 10.1. The number of rotatable bonds is 2. The molecule has 0 radical (unpaired) electrons. The molecule has 2 atom stereocenters. The van der Waals surface area contributed by atoms with E-state index in [9.17, 15) is 0 Å². The van der Waals surface area contributed by atoms with Crippen LogP contribution in [0.2, 0.25) is 5.02 Å². The number of anilines is 1. The summed E-state index contributed by atoms with van der Waals surface area (Å²) in [6.45, 7) is 6.30. The molecule has 1 heterocycles. The van der Waals surface area contributed by atoms with Gasteiger partial charge in [-0.25, -0.2) is 0 Å². The van der Waals surface area contributed by atoms with Crippen molar-refractivity contribution in [2.24, 2.45) is 5.73 Å². The van der Waals surface area contributed by atoms with Crippen LogP contribution in [-0.4, -0.2) is 43.0 Å². The molecule has 4 nitrogen and oxygen atoms in total. The molecule has 1 aromatic rings. The molecule has 1 fully saturated rings. The zero-order valence-electron chi connectivity index (χ0n) is 11.7. The van der Waals surface area contributed by atoms with Crippen LogP contribution in [0.4, 0.5) is 5.69 Å². The predicted octanol–water partition coefficient (Wildman–Crippen LogP) is 2.15. The van der Waals surface area contributed by atoms with Crippen LogP contribution in [-0.2, 0) is 0 Å². The van der Waals surface area contributed by atoms with Crippen LogP contribution in [0.25, 0.3) is 0 Å². The van der Waals surface area contributed by atoms with Crippen molar-refractivity contribution in [3.63, 3.8) is 0 Å². The zero-order chi connectivity index (χ0) is 14.2. The van der Waals surface area contributed by atoms with E-state index in [1.165, 1.54) is 0 Å². The maximum absolute atomic E-state index is 7.71. The lowest BCUT2D eigenvalue weighted by Crippen LogP contribution is -2.55. The molecule has 0 aliphatic carbocycles. The number of hydrogen-bond acceptors (Lipinski definition) is 3. The smallest absolute Gasteiger partial charge is 0.124 e. The Bertz CT molecular complexity index is 476. The molecule has 2 rings (SSSR count). The first kappa shape index (κ1) is 14.2. The normalized spacial score (nSPS) is 24.5. The summed E-state index contributed by atoms with van der Waals surface area (Å²) in [6.07, 6.45) is 0. The fraction of sp³-hybridized carbons (Fsp3) is 0.500. The van der Waals surface area contributed by atoms with E-state index in [4.69, 9.17) is 22.7 Å². The molecule has 19 heavy (non-hydrogen) atoms. The molecule has 0 spiro atoms. The van der Waals surface area contributed by atoms with E-state index in [0.29, 0.717) is 17.1 Å². The molecule has 0 aromatic heterocycles. The van der Waals surface area contributed by atoms with Gasteiger partial charge in [-0.15, -0.1) is 0 Å². The quantitative estimate of drug-likeness (QED) is 0.645. The van der Waals surface area contributed by atoms with Gasteiger partial charge in [0.1, 0.15) is 5.84 Å². The number of nitrogens with two attached hydrogens (primary N) is 1. The Kier molecular flexibility index (Phi) is 4.02. The second kappa shape index (κ2) is 5.39. The molecular weight excluding hydrogens is 260 g/mol. The Morgan fingerprint density at radius 1 is 1.32 bits per heavy atom. The van der Waals surface area contributed by atoms with Crippen LogP contribution >= 0.6 is 11.6 Å². The summed E-state index contributed by atoms with van der Waals surface area (Å²) >= 11 is 6.00. The summed E-state index contributed by atoms with van der Waals surface area (Å²) in [6, 6.07) is 6.53. The Labute approximate surface area is 119 Å². The first-order valence-corrected chi connectivity index (χ1v) is 6.88. The number of piperazine rings is 1. The van der Waals surface area contributed by atoms with E-state index >= 15 is 0 Å². The van der Waals surface area contributed by atoms with Gasteiger partial charge in [0.2, 0.25) is 0 Å². The van der Waals surface area contributed by atoms with Gasteiger partial charge >= 0.3 is 0 Å². The highest BCUT2D eigenvalue weighted by Gasteiger charge is 2.27. The standard InChI is InChI=1S/C14H21ClN4/c1-9-7-19(8-10(2)18(9)3)13-5-4-11(15)6-12(13)14(16)17/h4-6,9-10H,7-8H2,1-3H3,(H3,16,17). The van der Waals surface area contributed by atoms with Gasteiger partial charge in [-0.3, -0.25) is 10.3 Å². The summed E-state index contributed by atoms with van der Waals surface area (Å²) < 4.78 is 0. The topological polar surface area (TPSA) is 56.4 Å². The summed E-state index contributed by atoms with van der Waals surface area (Å²) in [5.74, 6) is 0.0664. The second-order valence-electron chi connectivity index (χ2n) is 5.34. The minimum absolute atomic E-state index is 0.0664. The third-order valence-electron chi connectivity index (χ3n) is 3.95. The van der Waals surface area contributed by atoms with Crippen molar-refractivity contribution in [2.45, 2.75) is 25.9 Å². The average molecular weight is 281 g/mol. The highest BCUT2D eigenvalue weighted by atomic mass is 35.5. The molecule has 1 aliphatic rings. The SMILES string of the molecule is CC1CN(c2ccc(Cl)cc2C(=N)N)CC(C)N1C. The molecule has 1 aliphatic heterocycles. The number of amidine groups is 1. The van der Waals surface area contributed by atoms with E-state index in [1.807, 2.05) is 12.1 Å². The lowest BCUT2D eigenvalue weighted by molar-refractivity contribution is 0.170. The van der Waals surface area contributed by atoms with E-state index in [-0.39, 0.29) is 5.84 Å². The van der Waals surface area contributed by atoms with Crippen molar-refractivity contribution >= 4 is 23.1 Å². The molecule has 0 amide bonds. The minimum Gasteiger partial charge on any atom is -0.384 e. The summed E-state index contributed by atoms with van der Waals surface area (Å²) in [4.78, 5) is 4.67. The van der Waals surface area contributed by atoms with Crippen LogP contribution in [0.15, 0.2) is 18.2 Å². The van der Waals surface area contributed by atoms with Gasteiger partial charge in [0, 0.05) is 41.4 Å². The summed E-state index contributed by atoms with van der Waals surface area (Å²) in [5.41, 5.74) is 7.40. The van der Waals surface area contributed by atoms with Crippen molar-refractivity contribution in [1.29, 1.82) is 5.41 Å². The largest absolute Gasteiger partial charge is 0.384 e. The van der Waals surface area contributed by atoms with Crippen LogP contribution in [0.1, 0.15) is 19.4 Å². The molecule has 1 saturated heterocycles. The van der Waals surface area contributed by atoms with Gasteiger partial charge in [0.25, 0.3) is 0 Å².